The van der Waals surface area contributed by atoms with Gasteiger partial charge in [-0.05, 0) is 49.5 Å². The second-order valence-electron chi connectivity index (χ2n) is 4.89. The molecule has 0 aromatic rings. The van der Waals surface area contributed by atoms with Crippen LogP contribution in [0.25, 0.3) is 0 Å². The van der Waals surface area contributed by atoms with Gasteiger partial charge < -0.3 is 5.11 Å². The molecule has 0 aliphatic heterocycles. The molecule has 0 heterocycles. The zero-order valence-corrected chi connectivity index (χ0v) is 11.1. The van der Waals surface area contributed by atoms with E-state index in [2.05, 4.69) is 13.2 Å². The molecule has 0 saturated heterocycles. The normalized spacial score (nSPS) is 29.0. The van der Waals surface area contributed by atoms with Gasteiger partial charge in [0.05, 0.1) is 6.10 Å². The van der Waals surface area contributed by atoms with Gasteiger partial charge in [-0.15, -0.1) is 0 Å². The first kappa shape index (κ1) is 13.4. The van der Waals surface area contributed by atoms with Crippen LogP contribution in [0.4, 0.5) is 0 Å². The molecule has 0 aromatic carbocycles. The minimum atomic E-state index is -0.0186. The second-order valence-corrected chi connectivity index (χ2v) is 5.88. The van der Waals surface area contributed by atoms with Gasteiger partial charge in [0, 0.05) is 0 Å². The van der Waals surface area contributed by atoms with Crippen LogP contribution in [0.3, 0.4) is 0 Å². The van der Waals surface area contributed by atoms with Crippen molar-refractivity contribution in [2.75, 3.05) is 12.0 Å². The Morgan fingerprint density at radius 3 is 2.47 bits per heavy atom. The van der Waals surface area contributed by atoms with Gasteiger partial charge in [-0.2, -0.15) is 11.8 Å². The number of hydrogen-bond acceptors (Lipinski definition) is 2. The molecule has 1 N–H and O–H groups in total. The van der Waals surface area contributed by atoms with Gasteiger partial charge in [0.25, 0.3) is 0 Å². The fourth-order valence-electron chi connectivity index (χ4n) is 2.65. The minimum Gasteiger partial charge on any atom is -0.393 e. The molecule has 90 valence electrons. The Bertz CT molecular complexity index is 153. The number of aliphatic hydroxyl groups excluding tert-OH is 1. The smallest absolute Gasteiger partial charge is 0.0568 e. The van der Waals surface area contributed by atoms with Crippen molar-refractivity contribution in [1.82, 2.24) is 0 Å². The van der Waals surface area contributed by atoms with Crippen LogP contribution in [-0.4, -0.2) is 23.2 Å². The summed E-state index contributed by atoms with van der Waals surface area (Å²) >= 11 is 1.88. The van der Waals surface area contributed by atoms with Crippen LogP contribution in [0.15, 0.2) is 0 Å². The topological polar surface area (TPSA) is 20.2 Å². The van der Waals surface area contributed by atoms with E-state index in [9.17, 15) is 5.11 Å². The van der Waals surface area contributed by atoms with Crippen LogP contribution >= 0.6 is 11.8 Å². The standard InChI is InChI=1S/C13H26OS/c1-3-11-6-8-12(9-7-11)13(14)5-4-10-15-2/h11-14H,3-10H2,1-2H3. The Hall–Kier alpha value is 0.310. The van der Waals surface area contributed by atoms with E-state index in [0.29, 0.717) is 5.92 Å². The van der Waals surface area contributed by atoms with Crippen LogP contribution in [0.5, 0.6) is 0 Å². The summed E-state index contributed by atoms with van der Waals surface area (Å²) in [5, 5.41) is 10.1. The molecule has 1 fully saturated rings. The quantitative estimate of drug-likeness (QED) is 0.702. The summed E-state index contributed by atoms with van der Waals surface area (Å²) in [7, 11) is 0. The highest BCUT2D eigenvalue weighted by Crippen LogP contribution is 2.33. The third-order valence-corrected chi connectivity index (χ3v) is 4.56. The van der Waals surface area contributed by atoms with E-state index >= 15 is 0 Å². The average molecular weight is 230 g/mol. The number of rotatable bonds is 6. The van der Waals surface area contributed by atoms with Crippen molar-refractivity contribution >= 4 is 11.8 Å². The second kappa shape index (κ2) is 7.56. The van der Waals surface area contributed by atoms with E-state index in [0.717, 1.165) is 12.3 Å². The molecule has 1 rings (SSSR count). The first-order chi connectivity index (χ1) is 7.27. The van der Waals surface area contributed by atoms with Crippen molar-refractivity contribution in [3.63, 3.8) is 0 Å². The zero-order valence-electron chi connectivity index (χ0n) is 10.2. The summed E-state index contributed by atoms with van der Waals surface area (Å²) < 4.78 is 0. The lowest BCUT2D eigenvalue weighted by atomic mass is 9.78. The van der Waals surface area contributed by atoms with Crippen molar-refractivity contribution in [2.45, 2.75) is 58.0 Å². The summed E-state index contributed by atoms with van der Waals surface area (Å²) in [4.78, 5) is 0. The van der Waals surface area contributed by atoms with Gasteiger partial charge in [0.2, 0.25) is 0 Å². The van der Waals surface area contributed by atoms with Gasteiger partial charge in [-0.3, -0.25) is 0 Å². The van der Waals surface area contributed by atoms with E-state index in [-0.39, 0.29) is 6.10 Å². The van der Waals surface area contributed by atoms with Gasteiger partial charge >= 0.3 is 0 Å². The van der Waals surface area contributed by atoms with Crippen molar-refractivity contribution < 1.29 is 5.11 Å². The lowest BCUT2D eigenvalue weighted by Gasteiger charge is -2.31. The molecule has 0 spiro atoms. The van der Waals surface area contributed by atoms with E-state index in [1.54, 1.807) is 0 Å². The SMILES string of the molecule is CCC1CCC(C(O)CCCSC)CC1. The van der Waals surface area contributed by atoms with Gasteiger partial charge in [0.15, 0.2) is 0 Å². The number of aliphatic hydroxyl groups is 1. The van der Waals surface area contributed by atoms with Crippen LogP contribution in [0, 0.1) is 11.8 Å². The molecule has 2 heteroatoms. The molecule has 15 heavy (non-hydrogen) atoms. The Morgan fingerprint density at radius 2 is 1.93 bits per heavy atom. The molecule has 0 aromatic heterocycles. The van der Waals surface area contributed by atoms with Crippen molar-refractivity contribution in [3.8, 4) is 0 Å². The first-order valence-electron chi connectivity index (χ1n) is 6.45. The van der Waals surface area contributed by atoms with Gasteiger partial charge in [-0.1, -0.05) is 26.2 Å². The highest BCUT2D eigenvalue weighted by Gasteiger charge is 2.25. The molecule has 0 amide bonds. The molecule has 1 nitrogen and oxygen atoms in total. The van der Waals surface area contributed by atoms with Gasteiger partial charge in [0.1, 0.15) is 0 Å². The minimum absolute atomic E-state index is 0.0186. The maximum Gasteiger partial charge on any atom is 0.0568 e. The Balaban J connectivity index is 2.15. The van der Waals surface area contributed by atoms with E-state index in [4.69, 9.17) is 0 Å². The zero-order chi connectivity index (χ0) is 11.1. The average Bonchev–Trinajstić information content (AvgIpc) is 2.29. The summed E-state index contributed by atoms with van der Waals surface area (Å²) in [6.45, 7) is 2.29. The summed E-state index contributed by atoms with van der Waals surface area (Å²) in [5.41, 5.74) is 0. The maximum absolute atomic E-state index is 10.1. The summed E-state index contributed by atoms with van der Waals surface area (Å²) in [6.07, 6.45) is 10.9. The van der Waals surface area contributed by atoms with Crippen molar-refractivity contribution in [3.05, 3.63) is 0 Å². The molecule has 1 aliphatic rings. The number of hydrogen-bond donors (Lipinski definition) is 1. The monoisotopic (exact) mass is 230 g/mol. The molecule has 0 radical (unpaired) electrons. The Labute approximate surface area is 99.0 Å². The molecule has 1 atom stereocenters. The van der Waals surface area contributed by atoms with Crippen LogP contribution in [0.2, 0.25) is 0 Å². The molecular weight excluding hydrogens is 204 g/mol. The fourth-order valence-corrected chi connectivity index (χ4v) is 3.11. The Morgan fingerprint density at radius 1 is 1.27 bits per heavy atom. The Kier molecular flexibility index (Phi) is 6.74. The van der Waals surface area contributed by atoms with Crippen molar-refractivity contribution in [1.29, 1.82) is 0 Å². The molecule has 1 saturated carbocycles. The van der Waals surface area contributed by atoms with Crippen LogP contribution in [0.1, 0.15) is 51.9 Å². The summed E-state index contributed by atoms with van der Waals surface area (Å²) in [6, 6.07) is 0. The first-order valence-corrected chi connectivity index (χ1v) is 7.84. The lowest BCUT2D eigenvalue weighted by Crippen LogP contribution is -2.25. The van der Waals surface area contributed by atoms with E-state index in [1.807, 2.05) is 11.8 Å². The highest BCUT2D eigenvalue weighted by atomic mass is 32.2. The molecule has 1 unspecified atom stereocenters. The summed E-state index contributed by atoms with van der Waals surface area (Å²) in [5.74, 6) is 2.75. The number of thioether (sulfide) groups is 1. The lowest BCUT2D eigenvalue weighted by molar-refractivity contribution is 0.0661. The predicted molar refractivity (Wildman–Crippen MR) is 69.4 cm³/mol. The maximum atomic E-state index is 10.1. The molecule has 1 aliphatic carbocycles. The third-order valence-electron chi connectivity index (χ3n) is 3.86. The van der Waals surface area contributed by atoms with Crippen molar-refractivity contribution in [2.24, 2.45) is 11.8 Å². The van der Waals surface area contributed by atoms with Gasteiger partial charge in [-0.25, -0.2) is 0 Å². The third kappa shape index (κ3) is 4.78. The largest absolute Gasteiger partial charge is 0.393 e. The fraction of sp³-hybridized carbons (Fsp3) is 1.00. The molecule has 0 bridgehead atoms. The van der Waals surface area contributed by atoms with Crippen LogP contribution in [-0.2, 0) is 0 Å². The molecular formula is C13H26OS. The van der Waals surface area contributed by atoms with Crippen LogP contribution < -0.4 is 0 Å². The predicted octanol–water partition coefficient (Wildman–Crippen LogP) is 3.71. The highest BCUT2D eigenvalue weighted by molar-refractivity contribution is 7.98. The van der Waals surface area contributed by atoms with E-state index < -0.39 is 0 Å². The van der Waals surface area contributed by atoms with E-state index in [1.165, 1.54) is 44.3 Å².